The summed E-state index contributed by atoms with van der Waals surface area (Å²) in [5.41, 5.74) is 0. The highest BCUT2D eigenvalue weighted by Crippen LogP contribution is 2.24. The molecule has 0 aromatic carbocycles. The minimum absolute atomic E-state index is 0.182. The summed E-state index contributed by atoms with van der Waals surface area (Å²) in [4.78, 5) is 6.55. The van der Waals surface area contributed by atoms with Crippen LogP contribution in [0.5, 0.6) is 0 Å². The Morgan fingerprint density at radius 3 is 2.67 bits per heavy atom. The van der Waals surface area contributed by atoms with Crippen LogP contribution in [0.1, 0.15) is 19.2 Å². The van der Waals surface area contributed by atoms with Crippen LogP contribution in [-0.2, 0) is 16.6 Å². The van der Waals surface area contributed by atoms with Gasteiger partial charge in [-0.3, -0.25) is 4.90 Å². The Bertz CT molecular complexity index is 642. The Hall–Kier alpha value is -1.18. The fourth-order valence-corrected chi connectivity index (χ4v) is 4.56. The molecule has 116 valence electrons. The third kappa shape index (κ3) is 2.65. The maximum Gasteiger partial charge on any atom is 0.262 e. The highest BCUT2D eigenvalue weighted by Gasteiger charge is 2.36. The first kappa shape index (κ1) is 14.7. The Labute approximate surface area is 126 Å². The number of aromatic nitrogens is 2. The Kier molecular flexibility index (Phi) is 3.90. The first-order chi connectivity index (χ1) is 10.0. The predicted octanol–water partition coefficient (Wildman–Crippen LogP) is 0.846. The Morgan fingerprint density at radius 2 is 2.05 bits per heavy atom. The zero-order valence-corrected chi connectivity index (χ0v) is 13.4. The Morgan fingerprint density at radius 1 is 1.33 bits per heavy atom. The topological polar surface area (TPSA) is 58.4 Å². The SMILES string of the molecule is CCn1cc(S(=O)(=O)N2CCC(N3CC=CC3)C2)nc1C. The zero-order valence-electron chi connectivity index (χ0n) is 12.6. The standard InChI is InChI=1S/C14H22N4O2S/c1-3-16-11-14(15-12(16)2)21(19,20)18-9-6-13(10-18)17-7-4-5-8-17/h4-5,11,13H,3,6-10H2,1-2H3. The number of aryl methyl sites for hydroxylation is 2. The maximum atomic E-state index is 12.7. The van der Waals surface area contributed by atoms with E-state index in [1.54, 1.807) is 10.5 Å². The molecule has 0 bridgehead atoms. The average molecular weight is 310 g/mol. The number of imidazole rings is 1. The normalized spacial score (nSPS) is 24.2. The van der Waals surface area contributed by atoms with Crippen molar-refractivity contribution >= 4 is 10.0 Å². The van der Waals surface area contributed by atoms with E-state index in [-0.39, 0.29) is 5.03 Å². The molecule has 2 aliphatic rings. The quantitative estimate of drug-likeness (QED) is 0.774. The van der Waals surface area contributed by atoms with E-state index in [0.29, 0.717) is 19.1 Å². The Balaban J connectivity index is 1.76. The van der Waals surface area contributed by atoms with Gasteiger partial charge in [0.25, 0.3) is 10.0 Å². The lowest BCUT2D eigenvalue weighted by Gasteiger charge is -2.23. The van der Waals surface area contributed by atoms with E-state index in [9.17, 15) is 8.42 Å². The van der Waals surface area contributed by atoms with Gasteiger partial charge in [-0.2, -0.15) is 4.31 Å². The van der Waals surface area contributed by atoms with E-state index in [1.807, 2.05) is 18.4 Å². The van der Waals surface area contributed by atoms with Crippen molar-refractivity contribution in [3.63, 3.8) is 0 Å². The fourth-order valence-electron chi connectivity index (χ4n) is 3.08. The van der Waals surface area contributed by atoms with Crippen LogP contribution < -0.4 is 0 Å². The summed E-state index contributed by atoms with van der Waals surface area (Å²) in [7, 11) is -3.46. The van der Waals surface area contributed by atoms with Crippen LogP contribution in [0, 0.1) is 6.92 Å². The van der Waals surface area contributed by atoms with Crippen LogP contribution in [0.4, 0.5) is 0 Å². The van der Waals surface area contributed by atoms with Crippen molar-refractivity contribution in [2.45, 2.75) is 37.9 Å². The third-order valence-corrected chi connectivity index (χ3v) is 6.12. The van der Waals surface area contributed by atoms with Gasteiger partial charge in [0.05, 0.1) is 0 Å². The monoisotopic (exact) mass is 310 g/mol. The van der Waals surface area contributed by atoms with Crippen LogP contribution in [0.25, 0.3) is 0 Å². The summed E-state index contributed by atoms with van der Waals surface area (Å²) in [6.07, 6.45) is 6.83. The second-order valence-electron chi connectivity index (χ2n) is 5.64. The van der Waals surface area contributed by atoms with Crippen LogP contribution in [-0.4, -0.2) is 59.4 Å². The van der Waals surface area contributed by atoms with Gasteiger partial charge in [-0.15, -0.1) is 0 Å². The van der Waals surface area contributed by atoms with E-state index < -0.39 is 10.0 Å². The summed E-state index contributed by atoms with van der Waals surface area (Å²) in [5.74, 6) is 0.746. The van der Waals surface area contributed by atoms with E-state index >= 15 is 0 Å². The number of rotatable bonds is 4. The molecule has 3 heterocycles. The fraction of sp³-hybridized carbons (Fsp3) is 0.643. The highest BCUT2D eigenvalue weighted by molar-refractivity contribution is 7.89. The minimum atomic E-state index is -3.46. The van der Waals surface area contributed by atoms with Crippen molar-refractivity contribution in [3.05, 3.63) is 24.2 Å². The van der Waals surface area contributed by atoms with Crippen molar-refractivity contribution < 1.29 is 8.42 Å². The molecule has 1 aromatic heterocycles. The first-order valence-electron chi connectivity index (χ1n) is 7.45. The predicted molar refractivity (Wildman–Crippen MR) is 80.5 cm³/mol. The van der Waals surface area contributed by atoms with Crippen molar-refractivity contribution in [2.24, 2.45) is 0 Å². The second kappa shape index (κ2) is 5.55. The smallest absolute Gasteiger partial charge is 0.262 e. The molecule has 1 unspecified atom stereocenters. The molecule has 0 radical (unpaired) electrons. The summed E-state index contributed by atoms with van der Waals surface area (Å²) in [6.45, 7) is 7.58. The van der Waals surface area contributed by atoms with Crippen LogP contribution in [0.15, 0.2) is 23.4 Å². The van der Waals surface area contributed by atoms with Gasteiger partial charge in [0, 0.05) is 45.0 Å². The van der Waals surface area contributed by atoms with Crippen LogP contribution in [0.2, 0.25) is 0 Å². The molecule has 0 N–H and O–H groups in total. The third-order valence-electron chi connectivity index (χ3n) is 4.39. The first-order valence-corrected chi connectivity index (χ1v) is 8.89. The molecule has 0 amide bonds. The summed E-state index contributed by atoms with van der Waals surface area (Å²) in [5, 5.41) is 0.182. The largest absolute Gasteiger partial charge is 0.334 e. The van der Waals surface area contributed by atoms with E-state index in [2.05, 4.69) is 22.0 Å². The maximum absolute atomic E-state index is 12.7. The summed E-state index contributed by atoms with van der Waals surface area (Å²) >= 11 is 0. The van der Waals surface area contributed by atoms with Gasteiger partial charge in [-0.25, -0.2) is 13.4 Å². The molecule has 1 fully saturated rings. The van der Waals surface area contributed by atoms with Crippen molar-refractivity contribution in [1.82, 2.24) is 18.8 Å². The van der Waals surface area contributed by atoms with Crippen LogP contribution in [0.3, 0.4) is 0 Å². The summed E-state index contributed by atoms with van der Waals surface area (Å²) < 4.78 is 28.8. The van der Waals surface area contributed by atoms with Gasteiger partial charge < -0.3 is 4.57 Å². The molecule has 0 aliphatic carbocycles. The lowest BCUT2D eigenvalue weighted by Crippen LogP contribution is -2.37. The number of sulfonamides is 1. The lowest BCUT2D eigenvalue weighted by molar-refractivity contribution is 0.261. The van der Waals surface area contributed by atoms with Crippen molar-refractivity contribution in [2.75, 3.05) is 26.2 Å². The minimum Gasteiger partial charge on any atom is -0.334 e. The molecular formula is C14H22N4O2S. The molecule has 6 nitrogen and oxygen atoms in total. The average Bonchev–Trinajstić information content (AvgIpc) is 3.18. The van der Waals surface area contributed by atoms with Crippen molar-refractivity contribution in [1.29, 1.82) is 0 Å². The van der Waals surface area contributed by atoms with Gasteiger partial charge in [0.15, 0.2) is 5.03 Å². The molecule has 2 aliphatic heterocycles. The molecule has 0 saturated carbocycles. The molecular weight excluding hydrogens is 288 g/mol. The van der Waals surface area contributed by atoms with Gasteiger partial charge in [-0.1, -0.05) is 12.2 Å². The number of nitrogens with zero attached hydrogens (tertiary/aromatic N) is 4. The number of hydrogen-bond acceptors (Lipinski definition) is 4. The van der Waals surface area contributed by atoms with Gasteiger partial charge >= 0.3 is 0 Å². The van der Waals surface area contributed by atoms with Gasteiger partial charge in [-0.05, 0) is 20.3 Å². The molecule has 21 heavy (non-hydrogen) atoms. The van der Waals surface area contributed by atoms with E-state index in [1.165, 1.54) is 0 Å². The summed E-state index contributed by atoms with van der Waals surface area (Å²) in [6, 6.07) is 0.323. The van der Waals surface area contributed by atoms with Gasteiger partial charge in [0.2, 0.25) is 0 Å². The van der Waals surface area contributed by atoms with Crippen LogP contribution >= 0.6 is 0 Å². The molecule has 0 spiro atoms. The molecule has 7 heteroatoms. The molecule has 1 aromatic rings. The molecule has 1 atom stereocenters. The van der Waals surface area contributed by atoms with Gasteiger partial charge in [0.1, 0.15) is 5.82 Å². The molecule has 1 saturated heterocycles. The second-order valence-corrected chi connectivity index (χ2v) is 7.53. The van der Waals surface area contributed by atoms with Crippen molar-refractivity contribution in [3.8, 4) is 0 Å². The van der Waals surface area contributed by atoms with E-state index in [4.69, 9.17) is 0 Å². The van der Waals surface area contributed by atoms with E-state index in [0.717, 1.165) is 31.9 Å². The highest BCUT2D eigenvalue weighted by atomic mass is 32.2. The number of hydrogen-bond donors (Lipinski definition) is 0. The molecule has 3 rings (SSSR count). The zero-order chi connectivity index (χ0) is 15.0. The lowest BCUT2D eigenvalue weighted by atomic mass is 10.2.